The molecule has 3 aromatic rings. The minimum atomic E-state index is -0.790. The van der Waals surface area contributed by atoms with Gasteiger partial charge in [-0.2, -0.15) is 0 Å². The molecule has 0 spiro atoms. The van der Waals surface area contributed by atoms with Gasteiger partial charge in [0.1, 0.15) is 17.3 Å². The smallest absolute Gasteiger partial charge is 0.300 e. The van der Waals surface area contributed by atoms with Crippen molar-refractivity contribution in [3.63, 3.8) is 0 Å². The highest BCUT2D eigenvalue weighted by Crippen LogP contribution is 2.43. The predicted octanol–water partition coefficient (Wildman–Crippen LogP) is 6.59. The van der Waals surface area contributed by atoms with E-state index in [0.717, 1.165) is 30.4 Å². The first kappa shape index (κ1) is 26.0. The van der Waals surface area contributed by atoms with E-state index in [9.17, 15) is 14.7 Å². The largest absolute Gasteiger partial charge is 0.507 e. The zero-order valence-corrected chi connectivity index (χ0v) is 21.6. The van der Waals surface area contributed by atoms with E-state index in [1.54, 1.807) is 48.5 Å². The lowest BCUT2D eigenvalue weighted by Crippen LogP contribution is -2.29. The van der Waals surface area contributed by atoms with Crippen LogP contribution in [0.1, 0.15) is 55.8 Å². The summed E-state index contributed by atoms with van der Waals surface area (Å²) in [5.41, 5.74) is 2.73. The summed E-state index contributed by atoms with van der Waals surface area (Å²) in [5.74, 6) is -0.357. The normalized spacial score (nSPS) is 16.7. The Morgan fingerprint density at radius 2 is 1.65 bits per heavy atom. The van der Waals surface area contributed by atoms with Gasteiger partial charge in [-0.3, -0.25) is 14.5 Å². The fourth-order valence-corrected chi connectivity index (χ4v) is 4.55. The second-order valence-electron chi connectivity index (χ2n) is 9.09. The summed E-state index contributed by atoms with van der Waals surface area (Å²) in [4.78, 5) is 28.2. The molecule has 4 rings (SSSR count). The zero-order valence-electron chi connectivity index (χ0n) is 21.6. The molecule has 37 heavy (non-hydrogen) atoms. The number of hydrogen-bond acceptors (Lipinski definition) is 5. The number of Topliss-reactive ketones (excluding diaryl/α,β-unsaturated/α-hetero) is 1. The number of aliphatic hydroxyl groups excluding tert-OH is 1. The predicted molar refractivity (Wildman–Crippen MR) is 145 cm³/mol. The average molecular weight is 500 g/mol. The molecule has 1 aliphatic rings. The summed E-state index contributed by atoms with van der Waals surface area (Å²) in [6.07, 6.45) is 3.19. The number of anilines is 1. The molecule has 0 radical (unpaired) electrons. The Kier molecular flexibility index (Phi) is 8.29. The number of carbonyl (C=O) groups excluding carboxylic acids is 2. The van der Waals surface area contributed by atoms with Crippen LogP contribution in [-0.4, -0.2) is 30.0 Å². The third-order valence-electron chi connectivity index (χ3n) is 6.35. The van der Waals surface area contributed by atoms with Gasteiger partial charge in [0.2, 0.25) is 0 Å². The molecule has 6 nitrogen and oxygen atoms in total. The first-order valence-corrected chi connectivity index (χ1v) is 12.8. The number of carbonyl (C=O) groups is 2. The van der Waals surface area contributed by atoms with Gasteiger partial charge in [0, 0.05) is 17.3 Å². The summed E-state index contributed by atoms with van der Waals surface area (Å²) in [6.45, 7) is 7.07. The Labute approximate surface area is 218 Å². The van der Waals surface area contributed by atoms with Gasteiger partial charge in [0.25, 0.3) is 11.7 Å². The molecule has 0 saturated carbocycles. The summed E-state index contributed by atoms with van der Waals surface area (Å²) >= 11 is 0. The number of benzene rings is 3. The lowest BCUT2D eigenvalue weighted by atomic mass is 9.94. The molecule has 1 N–H and O–H groups in total. The van der Waals surface area contributed by atoms with Crippen LogP contribution >= 0.6 is 0 Å². The van der Waals surface area contributed by atoms with E-state index in [1.165, 1.54) is 4.90 Å². The maximum absolute atomic E-state index is 13.4. The lowest BCUT2D eigenvalue weighted by Gasteiger charge is -2.26. The van der Waals surface area contributed by atoms with Crippen LogP contribution in [0.4, 0.5) is 5.69 Å². The highest BCUT2D eigenvalue weighted by molar-refractivity contribution is 6.51. The molecule has 0 aromatic heterocycles. The van der Waals surface area contributed by atoms with Gasteiger partial charge in [-0.15, -0.1) is 0 Å². The van der Waals surface area contributed by atoms with E-state index in [0.29, 0.717) is 36.0 Å². The fraction of sp³-hybridized carbons (Fsp3) is 0.290. The van der Waals surface area contributed by atoms with Crippen molar-refractivity contribution in [1.29, 1.82) is 0 Å². The van der Waals surface area contributed by atoms with Crippen LogP contribution in [0.3, 0.4) is 0 Å². The van der Waals surface area contributed by atoms with Gasteiger partial charge in [-0.1, -0.05) is 55.7 Å². The van der Waals surface area contributed by atoms with Crippen LogP contribution in [-0.2, 0) is 9.59 Å². The number of unbranched alkanes of at least 4 members (excludes halogenated alkanes) is 2. The number of ketones is 1. The molecule has 1 heterocycles. The summed E-state index contributed by atoms with van der Waals surface area (Å²) < 4.78 is 11.4. The van der Waals surface area contributed by atoms with E-state index in [4.69, 9.17) is 9.47 Å². The maximum atomic E-state index is 13.4. The molecule has 192 valence electrons. The van der Waals surface area contributed by atoms with Gasteiger partial charge in [0.05, 0.1) is 24.8 Å². The number of hydrogen-bond donors (Lipinski definition) is 1. The molecule has 1 amide bonds. The first-order chi connectivity index (χ1) is 17.9. The summed E-state index contributed by atoms with van der Waals surface area (Å²) in [6, 6.07) is 20.9. The molecular formula is C31H33NO5. The molecule has 1 fully saturated rings. The molecule has 0 aliphatic carbocycles. The average Bonchev–Trinajstić information content (AvgIpc) is 3.17. The SMILES string of the molecule is CCCCCOc1ccc(/C(O)=C2\C(=O)C(=O)N(c3cccc(OCC)c3)C2c2cccc(C)c2)cc1. The molecular weight excluding hydrogens is 466 g/mol. The van der Waals surface area contributed by atoms with Gasteiger partial charge in [-0.05, 0) is 62.2 Å². The van der Waals surface area contributed by atoms with Crippen LogP contribution in [0.5, 0.6) is 11.5 Å². The summed E-state index contributed by atoms with van der Waals surface area (Å²) in [7, 11) is 0. The van der Waals surface area contributed by atoms with Gasteiger partial charge < -0.3 is 14.6 Å². The van der Waals surface area contributed by atoms with Crippen molar-refractivity contribution in [2.45, 2.75) is 46.1 Å². The lowest BCUT2D eigenvalue weighted by molar-refractivity contribution is -0.132. The molecule has 1 saturated heterocycles. The molecule has 6 heteroatoms. The molecule has 0 bridgehead atoms. The monoisotopic (exact) mass is 499 g/mol. The van der Waals surface area contributed by atoms with Crippen LogP contribution in [0.15, 0.2) is 78.4 Å². The number of amides is 1. The third-order valence-corrected chi connectivity index (χ3v) is 6.35. The standard InChI is InChI=1S/C31H33NO5/c1-4-6-7-18-37-25-16-14-22(15-17-25)29(33)27-28(23-11-8-10-21(3)19-23)32(31(35)30(27)34)24-12-9-13-26(20-24)36-5-2/h8-17,19-20,28,33H,4-7,18H2,1-3H3/b29-27+. The van der Waals surface area contributed by atoms with Crippen molar-refractivity contribution in [2.24, 2.45) is 0 Å². The minimum absolute atomic E-state index is 0.0500. The second-order valence-corrected chi connectivity index (χ2v) is 9.09. The van der Waals surface area contributed by atoms with Crippen molar-refractivity contribution in [2.75, 3.05) is 18.1 Å². The molecule has 3 aromatic carbocycles. The zero-order chi connectivity index (χ0) is 26.4. The van der Waals surface area contributed by atoms with Crippen molar-refractivity contribution in [3.8, 4) is 11.5 Å². The summed E-state index contributed by atoms with van der Waals surface area (Å²) in [5, 5.41) is 11.4. The fourth-order valence-electron chi connectivity index (χ4n) is 4.55. The Hall–Kier alpha value is -4.06. The van der Waals surface area contributed by atoms with E-state index < -0.39 is 17.7 Å². The highest BCUT2D eigenvalue weighted by Gasteiger charge is 2.47. The number of aliphatic hydroxyl groups is 1. The van der Waals surface area contributed by atoms with Crippen molar-refractivity contribution < 1.29 is 24.2 Å². The van der Waals surface area contributed by atoms with E-state index >= 15 is 0 Å². The van der Waals surface area contributed by atoms with Gasteiger partial charge in [0.15, 0.2) is 0 Å². The maximum Gasteiger partial charge on any atom is 0.300 e. The molecule has 1 atom stereocenters. The van der Waals surface area contributed by atoms with Crippen LogP contribution in [0.2, 0.25) is 0 Å². The number of aryl methyl sites for hydroxylation is 1. The number of rotatable bonds is 10. The molecule has 1 aliphatic heterocycles. The van der Waals surface area contributed by atoms with E-state index in [-0.39, 0.29) is 11.3 Å². The van der Waals surface area contributed by atoms with E-state index in [2.05, 4.69) is 6.92 Å². The topological polar surface area (TPSA) is 76.1 Å². The van der Waals surface area contributed by atoms with Crippen molar-refractivity contribution in [1.82, 2.24) is 0 Å². The third kappa shape index (κ3) is 5.69. The number of ether oxygens (including phenoxy) is 2. The van der Waals surface area contributed by atoms with Crippen LogP contribution in [0, 0.1) is 6.92 Å². The minimum Gasteiger partial charge on any atom is -0.507 e. The molecule has 1 unspecified atom stereocenters. The van der Waals surface area contributed by atoms with Gasteiger partial charge in [-0.25, -0.2) is 0 Å². The Balaban J connectivity index is 1.76. The highest BCUT2D eigenvalue weighted by atomic mass is 16.5. The van der Waals surface area contributed by atoms with Crippen LogP contribution in [0.25, 0.3) is 5.76 Å². The Morgan fingerprint density at radius 1 is 0.892 bits per heavy atom. The van der Waals surface area contributed by atoms with Gasteiger partial charge >= 0.3 is 0 Å². The van der Waals surface area contributed by atoms with Crippen LogP contribution < -0.4 is 14.4 Å². The van der Waals surface area contributed by atoms with E-state index in [1.807, 2.05) is 38.1 Å². The van der Waals surface area contributed by atoms with Crippen molar-refractivity contribution in [3.05, 3.63) is 95.1 Å². The van der Waals surface area contributed by atoms with Crippen molar-refractivity contribution >= 4 is 23.1 Å². The first-order valence-electron chi connectivity index (χ1n) is 12.8. The Bertz CT molecular complexity index is 1290. The number of nitrogens with zero attached hydrogens (tertiary/aromatic N) is 1. The second kappa shape index (κ2) is 11.8. The Morgan fingerprint density at radius 3 is 2.35 bits per heavy atom. The quantitative estimate of drug-likeness (QED) is 0.147.